The van der Waals surface area contributed by atoms with Crippen molar-refractivity contribution in [1.82, 2.24) is 15.1 Å². The Labute approximate surface area is 165 Å². The molecule has 1 aliphatic rings. The van der Waals surface area contributed by atoms with Gasteiger partial charge in [-0.1, -0.05) is 24.3 Å². The molecule has 6 heteroatoms. The molecule has 1 fully saturated rings. The summed E-state index contributed by atoms with van der Waals surface area (Å²) in [4.78, 5) is 17.0. The first-order chi connectivity index (χ1) is 13.5. The van der Waals surface area contributed by atoms with Crippen LogP contribution < -0.4 is 5.32 Å². The predicted molar refractivity (Wildman–Crippen MR) is 106 cm³/mol. The van der Waals surface area contributed by atoms with Gasteiger partial charge in [-0.05, 0) is 42.3 Å². The van der Waals surface area contributed by atoms with E-state index in [1.165, 1.54) is 17.7 Å². The summed E-state index contributed by atoms with van der Waals surface area (Å²) in [5, 5.41) is 11.8. The molecule has 2 aromatic rings. The Bertz CT molecular complexity index is 821. The van der Waals surface area contributed by atoms with Crippen LogP contribution in [-0.2, 0) is 17.9 Å². The molecular formula is C22H25FN4O. The summed E-state index contributed by atoms with van der Waals surface area (Å²) >= 11 is 0. The van der Waals surface area contributed by atoms with Gasteiger partial charge in [0.25, 0.3) is 0 Å². The predicted octanol–water partition coefficient (Wildman–Crippen LogP) is 2.52. The van der Waals surface area contributed by atoms with Crippen molar-refractivity contribution in [2.45, 2.75) is 26.1 Å². The standard InChI is InChI=1S/C22H25FN4O/c1-17(22(28)25-15-19-6-8-21(23)9-7-19)27-12-10-26(11-13-27)16-20-4-2-18(14-24)3-5-20/h2-9,17H,10-13,15-16H2,1H3,(H,25,28). The van der Waals surface area contributed by atoms with Crippen molar-refractivity contribution in [2.75, 3.05) is 26.2 Å². The number of hydrogen-bond donors (Lipinski definition) is 1. The van der Waals surface area contributed by atoms with Crippen LogP contribution in [-0.4, -0.2) is 47.9 Å². The van der Waals surface area contributed by atoms with Crippen molar-refractivity contribution in [3.8, 4) is 6.07 Å². The molecule has 0 saturated carbocycles. The fraction of sp³-hybridized carbons (Fsp3) is 0.364. The number of carbonyl (C=O) groups excluding carboxylic acids is 1. The highest BCUT2D eigenvalue weighted by molar-refractivity contribution is 5.81. The van der Waals surface area contributed by atoms with Gasteiger partial charge in [-0.3, -0.25) is 14.6 Å². The van der Waals surface area contributed by atoms with Gasteiger partial charge in [-0.2, -0.15) is 5.26 Å². The SMILES string of the molecule is CC(C(=O)NCc1ccc(F)cc1)N1CCN(Cc2ccc(C#N)cc2)CC1. The van der Waals surface area contributed by atoms with Gasteiger partial charge >= 0.3 is 0 Å². The molecule has 146 valence electrons. The van der Waals surface area contributed by atoms with Crippen LogP contribution >= 0.6 is 0 Å². The number of nitrogens with zero attached hydrogens (tertiary/aromatic N) is 3. The van der Waals surface area contributed by atoms with Crippen LogP contribution in [0.1, 0.15) is 23.6 Å². The van der Waals surface area contributed by atoms with Crippen molar-refractivity contribution >= 4 is 5.91 Å². The number of benzene rings is 2. The van der Waals surface area contributed by atoms with Gasteiger partial charge in [0, 0.05) is 39.3 Å². The lowest BCUT2D eigenvalue weighted by atomic mass is 10.1. The normalized spacial score (nSPS) is 16.3. The number of piperazine rings is 1. The molecule has 1 amide bonds. The fourth-order valence-corrected chi connectivity index (χ4v) is 3.36. The molecule has 0 spiro atoms. The van der Waals surface area contributed by atoms with Crippen LogP contribution in [0.4, 0.5) is 4.39 Å². The maximum absolute atomic E-state index is 12.9. The van der Waals surface area contributed by atoms with Crippen LogP contribution in [0.2, 0.25) is 0 Å². The maximum Gasteiger partial charge on any atom is 0.237 e. The lowest BCUT2D eigenvalue weighted by Crippen LogP contribution is -2.53. The number of amides is 1. The van der Waals surface area contributed by atoms with Gasteiger partial charge < -0.3 is 5.32 Å². The molecule has 1 saturated heterocycles. The molecule has 3 rings (SSSR count). The van der Waals surface area contributed by atoms with Crippen LogP contribution in [0.25, 0.3) is 0 Å². The molecule has 0 bridgehead atoms. The summed E-state index contributed by atoms with van der Waals surface area (Å²) in [6, 6.07) is 15.8. The summed E-state index contributed by atoms with van der Waals surface area (Å²) in [7, 11) is 0. The van der Waals surface area contributed by atoms with Crippen molar-refractivity contribution < 1.29 is 9.18 Å². The summed E-state index contributed by atoms with van der Waals surface area (Å²) < 4.78 is 12.9. The minimum absolute atomic E-state index is 0.00938. The lowest BCUT2D eigenvalue weighted by Gasteiger charge is -2.37. The summed E-state index contributed by atoms with van der Waals surface area (Å²) in [6.45, 7) is 6.65. The Kier molecular flexibility index (Phi) is 6.75. The van der Waals surface area contributed by atoms with E-state index in [-0.39, 0.29) is 17.8 Å². The largest absolute Gasteiger partial charge is 0.351 e. The number of hydrogen-bond acceptors (Lipinski definition) is 4. The van der Waals surface area contributed by atoms with Gasteiger partial charge in [-0.15, -0.1) is 0 Å². The Morgan fingerprint density at radius 1 is 1.07 bits per heavy atom. The average molecular weight is 380 g/mol. The summed E-state index contributed by atoms with van der Waals surface area (Å²) in [5.41, 5.74) is 2.75. The van der Waals surface area contributed by atoms with Gasteiger partial charge in [0.2, 0.25) is 5.91 Å². The van der Waals surface area contributed by atoms with Crippen LogP contribution in [0, 0.1) is 17.1 Å². The number of halogens is 1. The molecule has 1 aliphatic heterocycles. The van der Waals surface area contributed by atoms with Crippen LogP contribution in [0.15, 0.2) is 48.5 Å². The molecule has 1 atom stereocenters. The van der Waals surface area contributed by atoms with Gasteiger partial charge in [-0.25, -0.2) is 4.39 Å². The van der Waals surface area contributed by atoms with E-state index >= 15 is 0 Å². The van der Waals surface area contributed by atoms with Gasteiger partial charge in [0.1, 0.15) is 5.82 Å². The van der Waals surface area contributed by atoms with Crippen LogP contribution in [0.3, 0.4) is 0 Å². The Balaban J connectivity index is 1.43. The highest BCUT2D eigenvalue weighted by atomic mass is 19.1. The molecule has 5 nitrogen and oxygen atoms in total. The Hall–Kier alpha value is -2.75. The van der Waals surface area contributed by atoms with E-state index in [1.807, 2.05) is 31.2 Å². The average Bonchev–Trinajstić information content (AvgIpc) is 2.73. The first-order valence-corrected chi connectivity index (χ1v) is 9.53. The van der Waals surface area contributed by atoms with E-state index < -0.39 is 0 Å². The van der Waals surface area contributed by atoms with E-state index in [1.54, 1.807) is 12.1 Å². The first-order valence-electron chi connectivity index (χ1n) is 9.53. The zero-order valence-corrected chi connectivity index (χ0v) is 16.1. The summed E-state index contributed by atoms with van der Waals surface area (Å²) in [5.74, 6) is -0.285. The zero-order valence-electron chi connectivity index (χ0n) is 16.1. The first kappa shape index (κ1) is 20.0. The molecule has 28 heavy (non-hydrogen) atoms. The molecular weight excluding hydrogens is 355 g/mol. The molecule has 2 aromatic carbocycles. The van der Waals surface area contributed by atoms with Gasteiger partial charge in [0.05, 0.1) is 17.7 Å². The summed E-state index contributed by atoms with van der Waals surface area (Å²) in [6.07, 6.45) is 0. The molecule has 0 radical (unpaired) electrons. The minimum Gasteiger partial charge on any atom is -0.351 e. The topological polar surface area (TPSA) is 59.4 Å². The number of carbonyl (C=O) groups is 1. The monoisotopic (exact) mass is 380 g/mol. The minimum atomic E-state index is -0.276. The molecule has 0 aliphatic carbocycles. The smallest absolute Gasteiger partial charge is 0.237 e. The lowest BCUT2D eigenvalue weighted by molar-refractivity contribution is -0.126. The molecule has 1 unspecified atom stereocenters. The van der Waals surface area contributed by atoms with Crippen LogP contribution in [0.5, 0.6) is 0 Å². The quantitative estimate of drug-likeness (QED) is 0.837. The van der Waals surface area contributed by atoms with E-state index in [0.29, 0.717) is 12.1 Å². The second kappa shape index (κ2) is 9.45. The third-order valence-corrected chi connectivity index (χ3v) is 5.20. The number of rotatable bonds is 6. The van der Waals surface area contributed by atoms with E-state index in [9.17, 15) is 9.18 Å². The third kappa shape index (κ3) is 5.38. The Morgan fingerprint density at radius 3 is 2.29 bits per heavy atom. The zero-order chi connectivity index (χ0) is 19.9. The second-order valence-electron chi connectivity index (χ2n) is 7.14. The number of nitriles is 1. The van der Waals surface area contributed by atoms with Crippen molar-refractivity contribution in [3.63, 3.8) is 0 Å². The Morgan fingerprint density at radius 2 is 1.68 bits per heavy atom. The van der Waals surface area contributed by atoms with E-state index in [4.69, 9.17) is 5.26 Å². The van der Waals surface area contributed by atoms with Gasteiger partial charge in [0.15, 0.2) is 0 Å². The molecule has 0 aromatic heterocycles. The maximum atomic E-state index is 12.9. The third-order valence-electron chi connectivity index (χ3n) is 5.20. The highest BCUT2D eigenvalue weighted by Gasteiger charge is 2.25. The van der Waals surface area contributed by atoms with Crippen molar-refractivity contribution in [1.29, 1.82) is 5.26 Å². The molecule has 1 heterocycles. The highest BCUT2D eigenvalue weighted by Crippen LogP contribution is 2.12. The van der Waals surface area contributed by atoms with E-state index in [2.05, 4.69) is 21.2 Å². The second-order valence-corrected chi connectivity index (χ2v) is 7.14. The fourth-order valence-electron chi connectivity index (χ4n) is 3.36. The molecule has 1 N–H and O–H groups in total. The van der Waals surface area contributed by atoms with E-state index in [0.717, 1.165) is 38.3 Å². The number of nitrogens with one attached hydrogen (secondary N) is 1. The van der Waals surface area contributed by atoms with Crippen molar-refractivity contribution in [2.24, 2.45) is 0 Å². The van der Waals surface area contributed by atoms with Crippen molar-refractivity contribution in [3.05, 3.63) is 71.0 Å².